The highest BCUT2D eigenvalue weighted by Crippen LogP contribution is 2.28. The zero-order valence-electron chi connectivity index (χ0n) is 11.6. The number of alkyl halides is 2. The molecule has 21 heavy (non-hydrogen) atoms. The normalized spacial score (nSPS) is 12.3. The van der Waals surface area contributed by atoms with Gasteiger partial charge in [-0.15, -0.1) is 0 Å². The summed E-state index contributed by atoms with van der Waals surface area (Å²) in [4.78, 5) is 4.02. The van der Waals surface area contributed by atoms with E-state index in [1.54, 1.807) is 18.3 Å². The first kappa shape index (κ1) is 15.5. The van der Waals surface area contributed by atoms with Crippen LogP contribution in [0.3, 0.4) is 0 Å². The van der Waals surface area contributed by atoms with E-state index in [9.17, 15) is 8.78 Å². The molecular formula is C15H15ClF2N2O. The number of ether oxygens (including phenoxy) is 1. The summed E-state index contributed by atoms with van der Waals surface area (Å²) in [6.45, 7) is 0.988. The third-order valence-corrected chi connectivity index (χ3v) is 3.34. The van der Waals surface area contributed by atoms with Gasteiger partial charge in [0.1, 0.15) is 5.75 Å². The molecule has 0 saturated heterocycles. The van der Waals surface area contributed by atoms with Crippen molar-refractivity contribution < 1.29 is 13.5 Å². The summed E-state index contributed by atoms with van der Waals surface area (Å²) in [5.74, 6) is 0.130. The Bertz CT molecular complexity index is 602. The van der Waals surface area contributed by atoms with E-state index in [1.165, 1.54) is 6.07 Å². The van der Waals surface area contributed by atoms with Gasteiger partial charge in [0, 0.05) is 12.2 Å². The standard InChI is InChI=1S/C15H15ClF2N2O/c1-9-6-7-19-14(16)13(9)20-10(2)11-4-3-5-12(8-11)21-15(17)18/h3-8,10,15,20H,1-2H3. The number of pyridine rings is 1. The predicted octanol–water partition coefficient (Wildman–Crippen LogP) is 4.82. The maximum absolute atomic E-state index is 12.2. The predicted molar refractivity (Wildman–Crippen MR) is 79.1 cm³/mol. The van der Waals surface area contributed by atoms with Crippen LogP contribution in [-0.4, -0.2) is 11.6 Å². The summed E-state index contributed by atoms with van der Waals surface area (Å²) in [7, 11) is 0. The summed E-state index contributed by atoms with van der Waals surface area (Å²) in [5, 5.41) is 3.61. The maximum Gasteiger partial charge on any atom is 0.387 e. The van der Waals surface area contributed by atoms with Crippen LogP contribution in [0.4, 0.5) is 14.5 Å². The summed E-state index contributed by atoms with van der Waals surface area (Å²) >= 11 is 6.06. The Labute approximate surface area is 126 Å². The Balaban J connectivity index is 2.18. The first-order chi connectivity index (χ1) is 9.97. The third-order valence-electron chi connectivity index (χ3n) is 3.06. The van der Waals surface area contributed by atoms with Crippen LogP contribution in [-0.2, 0) is 0 Å². The average Bonchev–Trinajstić information content (AvgIpc) is 2.42. The van der Waals surface area contributed by atoms with Crippen molar-refractivity contribution in [3.05, 3.63) is 52.8 Å². The molecule has 0 spiro atoms. The largest absolute Gasteiger partial charge is 0.435 e. The highest BCUT2D eigenvalue weighted by Gasteiger charge is 2.12. The van der Waals surface area contributed by atoms with Crippen LogP contribution in [0.2, 0.25) is 5.15 Å². The molecule has 6 heteroatoms. The van der Waals surface area contributed by atoms with E-state index in [1.807, 2.05) is 26.0 Å². The Morgan fingerprint density at radius 1 is 1.29 bits per heavy atom. The summed E-state index contributed by atoms with van der Waals surface area (Å²) in [5.41, 5.74) is 2.50. The lowest BCUT2D eigenvalue weighted by Gasteiger charge is -2.18. The first-order valence-corrected chi connectivity index (χ1v) is 6.77. The van der Waals surface area contributed by atoms with Gasteiger partial charge in [-0.25, -0.2) is 4.98 Å². The highest BCUT2D eigenvalue weighted by atomic mass is 35.5. The molecule has 0 radical (unpaired) electrons. The van der Waals surface area contributed by atoms with Crippen molar-refractivity contribution in [3.63, 3.8) is 0 Å². The van der Waals surface area contributed by atoms with Gasteiger partial charge >= 0.3 is 6.61 Å². The molecule has 1 unspecified atom stereocenters. The zero-order chi connectivity index (χ0) is 15.4. The number of halogens is 3. The summed E-state index contributed by atoms with van der Waals surface area (Å²) in [6, 6.07) is 8.27. The van der Waals surface area contributed by atoms with Crippen LogP contribution in [0.15, 0.2) is 36.5 Å². The zero-order valence-corrected chi connectivity index (χ0v) is 12.4. The van der Waals surface area contributed by atoms with Crippen molar-refractivity contribution in [2.75, 3.05) is 5.32 Å². The number of nitrogens with zero attached hydrogens (tertiary/aromatic N) is 1. The first-order valence-electron chi connectivity index (χ1n) is 6.40. The molecule has 0 amide bonds. The minimum atomic E-state index is -2.83. The van der Waals surface area contributed by atoms with E-state index in [0.29, 0.717) is 5.15 Å². The van der Waals surface area contributed by atoms with Crippen molar-refractivity contribution in [2.24, 2.45) is 0 Å². The lowest BCUT2D eigenvalue weighted by Crippen LogP contribution is -2.09. The minimum absolute atomic E-state index is 0.130. The molecule has 0 fully saturated rings. The van der Waals surface area contributed by atoms with Crippen LogP contribution in [0.5, 0.6) is 5.75 Å². The minimum Gasteiger partial charge on any atom is -0.435 e. The van der Waals surface area contributed by atoms with E-state index in [0.717, 1.165) is 16.8 Å². The van der Waals surface area contributed by atoms with Crippen molar-refractivity contribution in [1.82, 2.24) is 4.98 Å². The SMILES string of the molecule is Cc1ccnc(Cl)c1NC(C)c1cccc(OC(F)F)c1. The monoisotopic (exact) mass is 312 g/mol. The fourth-order valence-corrected chi connectivity index (χ4v) is 2.22. The van der Waals surface area contributed by atoms with Crippen molar-refractivity contribution >= 4 is 17.3 Å². The Kier molecular flexibility index (Phi) is 4.96. The highest BCUT2D eigenvalue weighted by molar-refractivity contribution is 6.32. The Morgan fingerprint density at radius 2 is 2.05 bits per heavy atom. The molecule has 1 atom stereocenters. The molecule has 1 aromatic carbocycles. The molecule has 0 aliphatic heterocycles. The van der Waals surface area contributed by atoms with Gasteiger partial charge < -0.3 is 10.1 Å². The van der Waals surface area contributed by atoms with E-state index < -0.39 is 6.61 Å². The van der Waals surface area contributed by atoms with Crippen LogP contribution < -0.4 is 10.1 Å². The van der Waals surface area contributed by atoms with Gasteiger partial charge in [-0.3, -0.25) is 0 Å². The number of benzene rings is 1. The molecule has 0 aliphatic carbocycles. The van der Waals surface area contributed by atoms with Gasteiger partial charge in [0.05, 0.1) is 5.69 Å². The fourth-order valence-electron chi connectivity index (χ4n) is 1.96. The van der Waals surface area contributed by atoms with E-state index in [-0.39, 0.29) is 11.8 Å². The Morgan fingerprint density at radius 3 is 2.71 bits per heavy atom. The second-order valence-electron chi connectivity index (χ2n) is 4.61. The van der Waals surface area contributed by atoms with E-state index >= 15 is 0 Å². The Hall–Kier alpha value is -1.88. The van der Waals surface area contributed by atoms with Crippen LogP contribution >= 0.6 is 11.6 Å². The number of anilines is 1. The quantitative estimate of drug-likeness (QED) is 0.804. The van der Waals surface area contributed by atoms with Crippen molar-refractivity contribution in [3.8, 4) is 5.75 Å². The number of rotatable bonds is 5. The van der Waals surface area contributed by atoms with Crippen LogP contribution in [0, 0.1) is 6.92 Å². The molecule has 1 N–H and O–H groups in total. The fraction of sp³-hybridized carbons (Fsp3) is 0.267. The van der Waals surface area contributed by atoms with Gasteiger partial charge in [0.2, 0.25) is 0 Å². The summed E-state index contributed by atoms with van der Waals surface area (Å²) < 4.78 is 28.9. The number of hydrogen-bond acceptors (Lipinski definition) is 3. The molecule has 2 aromatic rings. The second kappa shape index (κ2) is 6.72. The van der Waals surface area contributed by atoms with Gasteiger partial charge in [0.25, 0.3) is 0 Å². The molecule has 2 rings (SSSR count). The number of hydrogen-bond donors (Lipinski definition) is 1. The van der Waals surface area contributed by atoms with Gasteiger partial charge in [0.15, 0.2) is 5.15 Å². The molecule has 1 heterocycles. The van der Waals surface area contributed by atoms with Gasteiger partial charge in [-0.05, 0) is 43.2 Å². The molecule has 1 aromatic heterocycles. The second-order valence-corrected chi connectivity index (χ2v) is 4.97. The molecule has 3 nitrogen and oxygen atoms in total. The number of nitrogens with one attached hydrogen (secondary N) is 1. The lowest BCUT2D eigenvalue weighted by molar-refractivity contribution is -0.0498. The lowest BCUT2D eigenvalue weighted by atomic mass is 10.1. The molecule has 0 saturated carbocycles. The third kappa shape index (κ3) is 4.04. The van der Waals surface area contributed by atoms with E-state index in [2.05, 4.69) is 15.0 Å². The van der Waals surface area contributed by atoms with E-state index in [4.69, 9.17) is 11.6 Å². The maximum atomic E-state index is 12.2. The van der Waals surface area contributed by atoms with Crippen molar-refractivity contribution in [1.29, 1.82) is 0 Å². The van der Waals surface area contributed by atoms with Crippen molar-refractivity contribution in [2.45, 2.75) is 26.5 Å². The molecule has 112 valence electrons. The van der Waals surface area contributed by atoms with Crippen LogP contribution in [0.25, 0.3) is 0 Å². The topological polar surface area (TPSA) is 34.2 Å². The molecular weight excluding hydrogens is 298 g/mol. The number of aryl methyl sites for hydroxylation is 1. The molecule has 0 bridgehead atoms. The van der Waals surface area contributed by atoms with Crippen LogP contribution in [0.1, 0.15) is 24.1 Å². The average molecular weight is 313 g/mol. The van der Waals surface area contributed by atoms with Gasteiger partial charge in [-0.1, -0.05) is 23.7 Å². The molecule has 0 aliphatic rings. The number of aromatic nitrogens is 1. The smallest absolute Gasteiger partial charge is 0.387 e. The van der Waals surface area contributed by atoms with Gasteiger partial charge in [-0.2, -0.15) is 8.78 Å². The summed E-state index contributed by atoms with van der Waals surface area (Å²) in [6.07, 6.45) is 1.63.